The van der Waals surface area contributed by atoms with Crippen LogP contribution in [0.1, 0.15) is 32.6 Å². The van der Waals surface area contributed by atoms with Gasteiger partial charge in [-0.3, -0.25) is 4.79 Å². The molecule has 0 spiro atoms. The van der Waals surface area contributed by atoms with Crippen molar-refractivity contribution in [2.45, 2.75) is 32.4 Å². The molecular formula is C16H22N2O2. The number of carbonyl (C=O) groups excluding carboxylic acids is 1. The molecule has 1 unspecified atom stereocenters. The minimum absolute atomic E-state index is 0.0351. The van der Waals surface area contributed by atoms with E-state index in [-0.39, 0.29) is 11.9 Å². The lowest BCUT2D eigenvalue weighted by atomic mass is 10.0. The van der Waals surface area contributed by atoms with E-state index in [1.54, 1.807) is 19.0 Å². The van der Waals surface area contributed by atoms with E-state index in [9.17, 15) is 4.79 Å². The third kappa shape index (κ3) is 2.56. The van der Waals surface area contributed by atoms with Gasteiger partial charge in [0.25, 0.3) is 0 Å². The zero-order valence-corrected chi connectivity index (χ0v) is 12.7. The summed E-state index contributed by atoms with van der Waals surface area (Å²) in [5, 5.41) is 4.09. The van der Waals surface area contributed by atoms with E-state index in [0.717, 1.165) is 16.7 Å². The number of carbonyl (C=O) groups is 1. The Hall–Kier alpha value is -1.81. The van der Waals surface area contributed by atoms with Crippen molar-refractivity contribution in [3.63, 3.8) is 0 Å². The fourth-order valence-corrected chi connectivity index (χ4v) is 2.12. The van der Waals surface area contributed by atoms with Crippen LogP contribution in [0.4, 0.5) is 0 Å². The Kier molecular flexibility index (Phi) is 3.86. The zero-order chi connectivity index (χ0) is 14.9. The molecule has 0 bridgehead atoms. The number of amides is 1. The van der Waals surface area contributed by atoms with Gasteiger partial charge in [-0.25, -0.2) is 0 Å². The van der Waals surface area contributed by atoms with Crippen LogP contribution >= 0.6 is 0 Å². The van der Waals surface area contributed by atoms with Crippen LogP contribution in [0.2, 0.25) is 0 Å². The molecule has 0 aliphatic rings. The molecule has 108 valence electrons. The van der Waals surface area contributed by atoms with Crippen molar-refractivity contribution >= 4 is 16.9 Å². The SMILES string of the molecule is CNC(C)(C)C(=O)N(C)C(C)c1cc2ccccc2o1. The second-order valence-electron chi connectivity index (χ2n) is 5.65. The van der Waals surface area contributed by atoms with Crippen LogP contribution < -0.4 is 5.32 Å². The van der Waals surface area contributed by atoms with E-state index in [1.165, 1.54) is 0 Å². The van der Waals surface area contributed by atoms with Crippen LogP contribution in [-0.4, -0.2) is 30.4 Å². The number of rotatable bonds is 4. The lowest BCUT2D eigenvalue weighted by molar-refractivity contribution is -0.137. The summed E-state index contributed by atoms with van der Waals surface area (Å²) in [6.07, 6.45) is 0. The van der Waals surface area contributed by atoms with Crippen molar-refractivity contribution in [1.29, 1.82) is 0 Å². The van der Waals surface area contributed by atoms with Crippen molar-refractivity contribution < 1.29 is 9.21 Å². The molecule has 4 nitrogen and oxygen atoms in total. The first-order valence-electron chi connectivity index (χ1n) is 6.81. The molecule has 0 radical (unpaired) electrons. The molecule has 2 aromatic rings. The van der Waals surface area contributed by atoms with Gasteiger partial charge in [0, 0.05) is 12.4 Å². The maximum Gasteiger partial charge on any atom is 0.242 e. The summed E-state index contributed by atoms with van der Waals surface area (Å²) in [6.45, 7) is 5.72. The molecule has 1 aromatic heterocycles. The molecule has 1 N–H and O–H groups in total. The number of likely N-dealkylation sites (N-methyl/N-ethyl adjacent to an activating group) is 2. The summed E-state index contributed by atoms with van der Waals surface area (Å²) >= 11 is 0. The Balaban J connectivity index is 2.26. The normalized spacial score (nSPS) is 13.4. The first kappa shape index (κ1) is 14.6. The molecule has 0 aliphatic heterocycles. The third-order valence-corrected chi connectivity index (χ3v) is 3.92. The van der Waals surface area contributed by atoms with E-state index >= 15 is 0 Å². The number of fused-ring (bicyclic) bond motifs is 1. The van der Waals surface area contributed by atoms with E-state index in [1.807, 2.05) is 51.1 Å². The molecule has 1 amide bonds. The largest absolute Gasteiger partial charge is 0.459 e. The summed E-state index contributed by atoms with van der Waals surface area (Å²) in [4.78, 5) is 14.2. The Morgan fingerprint density at radius 2 is 2.00 bits per heavy atom. The van der Waals surface area contributed by atoms with Gasteiger partial charge >= 0.3 is 0 Å². The minimum atomic E-state index is -0.588. The average molecular weight is 274 g/mol. The topological polar surface area (TPSA) is 45.5 Å². The summed E-state index contributed by atoms with van der Waals surface area (Å²) in [6, 6.07) is 9.75. The Bertz CT molecular complexity index is 583. The summed E-state index contributed by atoms with van der Waals surface area (Å²) in [5.41, 5.74) is 0.262. The predicted molar refractivity (Wildman–Crippen MR) is 80.5 cm³/mol. The smallest absolute Gasteiger partial charge is 0.242 e. The van der Waals surface area contributed by atoms with Crippen molar-refractivity contribution in [1.82, 2.24) is 10.2 Å². The number of furan rings is 1. The van der Waals surface area contributed by atoms with Crippen LogP contribution in [0.15, 0.2) is 34.7 Å². The van der Waals surface area contributed by atoms with Crippen molar-refractivity contribution in [3.8, 4) is 0 Å². The molecule has 20 heavy (non-hydrogen) atoms. The second-order valence-corrected chi connectivity index (χ2v) is 5.65. The quantitative estimate of drug-likeness (QED) is 0.932. The summed E-state index contributed by atoms with van der Waals surface area (Å²) in [7, 11) is 3.59. The van der Waals surface area contributed by atoms with E-state index < -0.39 is 5.54 Å². The minimum Gasteiger partial charge on any atom is -0.459 e. The Morgan fingerprint density at radius 1 is 1.35 bits per heavy atom. The van der Waals surface area contributed by atoms with Gasteiger partial charge in [0.05, 0.1) is 11.6 Å². The number of nitrogens with zero attached hydrogens (tertiary/aromatic N) is 1. The highest BCUT2D eigenvalue weighted by Crippen LogP contribution is 2.27. The highest BCUT2D eigenvalue weighted by atomic mass is 16.3. The lowest BCUT2D eigenvalue weighted by Gasteiger charge is -2.32. The van der Waals surface area contributed by atoms with Gasteiger partial charge in [0.15, 0.2) is 0 Å². The van der Waals surface area contributed by atoms with Gasteiger partial charge in [0.1, 0.15) is 11.3 Å². The maximum absolute atomic E-state index is 12.4. The van der Waals surface area contributed by atoms with Gasteiger partial charge in [-0.2, -0.15) is 0 Å². The van der Waals surface area contributed by atoms with E-state index in [4.69, 9.17) is 4.42 Å². The first-order valence-corrected chi connectivity index (χ1v) is 6.81. The van der Waals surface area contributed by atoms with Gasteiger partial charge < -0.3 is 14.6 Å². The van der Waals surface area contributed by atoms with Crippen LogP contribution in [0.25, 0.3) is 11.0 Å². The molecule has 1 aromatic carbocycles. The van der Waals surface area contributed by atoms with Crippen molar-refractivity contribution in [3.05, 3.63) is 36.1 Å². The van der Waals surface area contributed by atoms with Crippen LogP contribution in [0.5, 0.6) is 0 Å². The molecule has 0 saturated heterocycles. The van der Waals surface area contributed by atoms with E-state index in [0.29, 0.717) is 0 Å². The monoisotopic (exact) mass is 274 g/mol. The number of benzene rings is 1. The molecule has 1 atom stereocenters. The third-order valence-electron chi connectivity index (χ3n) is 3.92. The van der Waals surface area contributed by atoms with Gasteiger partial charge in [0.2, 0.25) is 5.91 Å². The van der Waals surface area contributed by atoms with Crippen LogP contribution in [0.3, 0.4) is 0 Å². The van der Waals surface area contributed by atoms with Crippen molar-refractivity contribution in [2.24, 2.45) is 0 Å². The molecule has 1 heterocycles. The zero-order valence-electron chi connectivity index (χ0n) is 12.7. The molecule has 2 rings (SSSR count). The fourth-order valence-electron chi connectivity index (χ4n) is 2.12. The van der Waals surface area contributed by atoms with Crippen molar-refractivity contribution in [2.75, 3.05) is 14.1 Å². The van der Waals surface area contributed by atoms with Gasteiger partial charge in [-0.15, -0.1) is 0 Å². The number of hydrogen-bond acceptors (Lipinski definition) is 3. The van der Waals surface area contributed by atoms with Crippen LogP contribution in [0, 0.1) is 0 Å². The Labute approximate surface area is 119 Å². The molecule has 4 heteroatoms. The molecule has 0 saturated carbocycles. The number of hydrogen-bond donors (Lipinski definition) is 1. The summed E-state index contributed by atoms with van der Waals surface area (Å²) < 4.78 is 5.83. The van der Waals surface area contributed by atoms with Gasteiger partial charge in [-0.1, -0.05) is 18.2 Å². The average Bonchev–Trinajstić information content (AvgIpc) is 2.88. The Morgan fingerprint density at radius 3 is 2.60 bits per heavy atom. The molecule has 0 aliphatic carbocycles. The lowest BCUT2D eigenvalue weighted by Crippen LogP contribution is -2.52. The fraction of sp³-hybridized carbons (Fsp3) is 0.438. The molecule has 0 fully saturated rings. The highest BCUT2D eigenvalue weighted by molar-refractivity contribution is 5.85. The maximum atomic E-state index is 12.4. The predicted octanol–water partition coefficient (Wildman–Crippen LogP) is 2.95. The van der Waals surface area contributed by atoms with Crippen LogP contribution in [-0.2, 0) is 4.79 Å². The number of para-hydroxylation sites is 1. The van der Waals surface area contributed by atoms with Gasteiger partial charge in [-0.05, 0) is 40.0 Å². The summed E-state index contributed by atoms with van der Waals surface area (Å²) in [5.74, 6) is 0.835. The highest BCUT2D eigenvalue weighted by Gasteiger charge is 2.32. The van der Waals surface area contributed by atoms with E-state index in [2.05, 4.69) is 5.32 Å². The number of nitrogens with one attached hydrogen (secondary N) is 1. The standard InChI is InChI=1S/C16H22N2O2/c1-11(18(5)15(19)16(2,3)17-4)14-10-12-8-6-7-9-13(12)20-14/h6-11,17H,1-5H3. The second kappa shape index (κ2) is 5.29. The molecular weight excluding hydrogens is 252 g/mol. The first-order chi connectivity index (χ1) is 9.36.